The highest BCUT2D eigenvalue weighted by Crippen LogP contribution is 2.23. The monoisotopic (exact) mass is 249 g/mol. The zero-order valence-corrected chi connectivity index (χ0v) is 12.2. The average molecular weight is 249 g/mol. The summed E-state index contributed by atoms with van der Waals surface area (Å²) in [5.41, 5.74) is 2.63. The summed E-state index contributed by atoms with van der Waals surface area (Å²) in [7, 11) is 0. The highest BCUT2D eigenvalue weighted by atomic mass is 16.5. The van der Waals surface area contributed by atoms with Gasteiger partial charge in [-0.3, -0.25) is 0 Å². The largest absolute Gasteiger partial charge is 0.377 e. The van der Waals surface area contributed by atoms with E-state index in [4.69, 9.17) is 4.74 Å². The predicted octanol–water partition coefficient (Wildman–Crippen LogP) is 3.85. The van der Waals surface area contributed by atoms with Gasteiger partial charge in [0, 0.05) is 6.61 Å². The molecule has 102 valence electrons. The van der Waals surface area contributed by atoms with Crippen molar-refractivity contribution in [2.75, 3.05) is 13.2 Å². The first-order chi connectivity index (χ1) is 8.72. The van der Waals surface area contributed by atoms with Crippen molar-refractivity contribution in [3.05, 3.63) is 35.4 Å². The van der Waals surface area contributed by atoms with Gasteiger partial charge in [-0.25, -0.2) is 0 Å². The third-order valence-corrected chi connectivity index (χ3v) is 3.19. The van der Waals surface area contributed by atoms with Crippen LogP contribution in [0.4, 0.5) is 0 Å². The van der Waals surface area contributed by atoms with E-state index in [1.165, 1.54) is 11.1 Å². The molecule has 0 fully saturated rings. The second-order valence-electron chi connectivity index (χ2n) is 4.73. The molecule has 0 aliphatic rings. The van der Waals surface area contributed by atoms with Gasteiger partial charge in [-0.05, 0) is 32.4 Å². The minimum absolute atomic E-state index is 0.266. The standard InChI is InChI=1S/C16H27NO/c1-5-8-15(18-7-3)16(17-6-2)14-11-9-13(4)10-12-14/h9-12,15-17H,5-8H2,1-4H3. The van der Waals surface area contributed by atoms with Crippen molar-refractivity contribution in [3.8, 4) is 0 Å². The smallest absolute Gasteiger partial charge is 0.0769 e. The molecular formula is C16H27NO. The lowest BCUT2D eigenvalue weighted by Gasteiger charge is -2.28. The van der Waals surface area contributed by atoms with Gasteiger partial charge in [0.1, 0.15) is 0 Å². The minimum Gasteiger partial charge on any atom is -0.377 e. The van der Waals surface area contributed by atoms with E-state index in [-0.39, 0.29) is 6.10 Å². The second kappa shape index (κ2) is 8.28. The van der Waals surface area contributed by atoms with Gasteiger partial charge in [-0.2, -0.15) is 0 Å². The van der Waals surface area contributed by atoms with Crippen LogP contribution in [0.2, 0.25) is 0 Å². The Morgan fingerprint density at radius 3 is 2.28 bits per heavy atom. The third kappa shape index (κ3) is 4.43. The Hall–Kier alpha value is -0.860. The van der Waals surface area contributed by atoms with Crippen molar-refractivity contribution in [2.24, 2.45) is 0 Å². The van der Waals surface area contributed by atoms with Crippen molar-refractivity contribution < 1.29 is 4.74 Å². The molecule has 0 aliphatic heterocycles. The van der Waals surface area contributed by atoms with Crippen LogP contribution in [0.3, 0.4) is 0 Å². The van der Waals surface area contributed by atoms with E-state index in [1.807, 2.05) is 0 Å². The maximum absolute atomic E-state index is 5.92. The summed E-state index contributed by atoms with van der Waals surface area (Å²) >= 11 is 0. The summed E-state index contributed by atoms with van der Waals surface area (Å²) in [6.07, 6.45) is 2.51. The second-order valence-corrected chi connectivity index (χ2v) is 4.73. The number of benzene rings is 1. The molecule has 0 aromatic heterocycles. The van der Waals surface area contributed by atoms with Crippen LogP contribution < -0.4 is 5.32 Å². The molecule has 0 bridgehead atoms. The van der Waals surface area contributed by atoms with Gasteiger partial charge in [-0.1, -0.05) is 50.1 Å². The van der Waals surface area contributed by atoms with Gasteiger partial charge in [0.15, 0.2) is 0 Å². The molecule has 0 spiro atoms. The first-order valence-corrected chi connectivity index (χ1v) is 7.14. The van der Waals surface area contributed by atoms with Crippen molar-refractivity contribution in [2.45, 2.75) is 52.7 Å². The molecule has 0 heterocycles. The van der Waals surface area contributed by atoms with Gasteiger partial charge < -0.3 is 10.1 Å². The predicted molar refractivity (Wildman–Crippen MR) is 77.9 cm³/mol. The molecule has 1 rings (SSSR count). The Labute approximate surface area is 112 Å². The Kier molecular flexibility index (Phi) is 6.99. The number of ether oxygens (including phenoxy) is 1. The number of rotatable bonds is 8. The SMILES string of the molecule is CCCC(OCC)C(NCC)c1ccc(C)cc1. The summed E-state index contributed by atoms with van der Waals surface area (Å²) in [5, 5.41) is 3.56. The lowest BCUT2D eigenvalue weighted by molar-refractivity contribution is 0.0280. The van der Waals surface area contributed by atoms with Crippen LogP contribution in [0.1, 0.15) is 50.8 Å². The number of nitrogens with one attached hydrogen (secondary N) is 1. The molecule has 0 aliphatic carbocycles. The molecule has 2 atom stereocenters. The van der Waals surface area contributed by atoms with Crippen LogP contribution >= 0.6 is 0 Å². The zero-order chi connectivity index (χ0) is 13.4. The Bertz CT molecular complexity index is 314. The quantitative estimate of drug-likeness (QED) is 0.755. The lowest BCUT2D eigenvalue weighted by atomic mass is 9.97. The van der Waals surface area contributed by atoms with E-state index in [9.17, 15) is 0 Å². The lowest BCUT2D eigenvalue weighted by Crippen LogP contribution is -2.34. The van der Waals surface area contributed by atoms with Crippen LogP contribution in [-0.4, -0.2) is 19.3 Å². The molecular weight excluding hydrogens is 222 g/mol. The average Bonchev–Trinajstić information content (AvgIpc) is 2.37. The van der Waals surface area contributed by atoms with E-state index in [1.54, 1.807) is 0 Å². The van der Waals surface area contributed by atoms with Gasteiger partial charge in [0.25, 0.3) is 0 Å². The van der Waals surface area contributed by atoms with Crippen LogP contribution in [-0.2, 0) is 4.74 Å². The highest BCUT2D eigenvalue weighted by molar-refractivity contribution is 5.25. The molecule has 2 heteroatoms. The number of hydrogen-bond donors (Lipinski definition) is 1. The van der Waals surface area contributed by atoms with Gasteiger partial charge >= 0.3 is 0 Å². The first-order valence-electron chi connectivity index (χ1n) is 7.14. The van der Waals surface area contributed by atoms with Gasteiger partial charge in [-0.15, -0.1) is 0 Å². The summed E-state index contributed by atoms with van der Waals surface area (Å²) in [4.78, 5) is 0. The zero-order valence-electron chi connectivity index (χ0n) is 12.2. The van der Waals surface area contributed by atoms with E-state index < -0.39 is 0 Å². The minimum atomic E-state index is 0.266. The van der Waals surface area contributed by atoms with E-state index in [2.05, 4.69) is 57.3 Å². The van der Waals surface area contributed by atoms with Gasteiger partial charge in [0.05, 0.1) is 12.1 Å². The maximum atomic E-state index is 5.92. The summed E-state index contributed by atoms with van der Waals surface area (Å²) < 4.78 is 5.92. The highest BCUT2D eigenvalue weighted by Gasteiger charge is 2.21. The van der Waals surface area contributed by atoms with Crippen LogP contribution in [0.5, 0.6) is 0 Å². The number of likely N-dealkylation sites (N-methyl/N-ethyl adjacent to an activating group) is 1. The summed E-state index contributed by atoms with van der Waals surface area (Å²) in [5.74, 6) is 0. The molecule has 0 saturated carbocycles. The Morgan fingerprint density at radius 1 is 1.11 bits per heavy atom. The first kappa shape index (κ1) is 15.2. The third-order valence-electron chi connectivity index (χ3n) is 3.19. The van der Waals surface area contributed by atoms with Crippen molar-refractivity contribution in [3.63, 3.8) is 0 Å². The topological polar surface area (TPSA) is 21.3 Å². The van der Waals surface area contributed by atoms with Crippen molar-refractivity contribution in [1.82, 2.24) is 5.32 Å². The van der Waals surface area contributed by atoms with Crippen LogP contribution in [0.15, 0.2) is 24.3 Å². The number of hydrogen-bond acceptors (Lipinski definition) is 2. The fourth-order valence-corrected chi connectivity index (χ4v) is 2.30. The molecule has 0 radical (unpaired) electrons. The fourth-order valence-electron chi connectivity index (χ4n) is 2.30. The molecule has 1 aromatic carbocycles. The Balaban J connectivity index is 2.87. The van der Waals surface area contributed by atoms with E-state index in [0.29, 0.717) is 6.04 Å². The van der Waals surface area contributed by atoms with Crippen molar-refractivity contribution in [1.29, 1.82) is 0 Å². The summed E-state index contributed by atoms with van der Waals surface area (Å²) in [6, 6.07) is 9.08. The van der Waals surface area contributed by atoms with E-state index in [0.717, 1.165) is 26.0 Å². The van der Waals surface area contributed by atoms with Crippen molar-refractivity contribution >= 4 is 0 Å². The molecule has 2 unspecified atom stereocenters. The normalized spacial score (nSPS) is 14.4. The molecule has 18 heavy (non-hydrogen) atoms. The Morgan fingerprint density at radius 2 is 1.78 bits per heavy atom. The molecule has 1 aromatic rings. The van der Waals surface area contributed by atoms with Crippen LogP contribution in [0, 0.1) is 6.92 Å². The maximum Gasteiger partial charge on any atom is 0.0769 e. The van der Waals surface area contributed by atoms with Gasteiger partial charge in [0.2, 0.25) is 0 Å². The fraction of sp³-hybridized carbons (Fsp3) is 0.625. The molecule has 0 saturated heterocycles. The summed E-state index contributed by atoms with van der Waals surface area (Å²) in [6.45, 7) is 10.3. The molecule has 1 N–H and O–H groups in total. The van der Waals surface area contributed by atoms with E-state index >= 15 is 0 Å². The number of aryl methyl sites for hydroxylation is 1. The molecule has 2 nitrogen and oxygen atoms in total. The molecule has 0 amide bonds. The van der Waals surface area contributed by atoms with Crippen LogP contribution in [0.25, 0.3) is 0 Å².